The monoisotopic (exact) mass is 537 g/mol. The van der Waals surface area contributed by atoms with Crippen molar-refractivity contribution in [1.29, 1.82) is 0 Å². The van der Waals surface area contributed by atoms with Crippen LogP contribution in [0.1, 0.15) is 70.9 Å². The van der Waals surface area contributed by atoms with Crippen LogP contribution in [0.3, 0.4) is 0 Å². The standard InChI is InChI=1S/C27H27N11O2/c1-14-7-8-36(35-14)21-6-3-16(11-29-21)20-12-32-38-24(28)22(15(2)39)23(33-26(20)38)17-9-18-4-5-19(10-17)37(18)27(40)25-30-13-31-34-25/h3,6-8,11-13,17-19H,4-5,9-10,28H2,1-2H3,(H,30,31,34). The number of piperidine rings is 1. The Kier molecular flexibility index (Phi) is 5.47. The number of carbonyl (C=O) groups excluding carboxylic acids is 2. The molecule has 2 atom stereocenters. The average Bonchev–Trinajstić information content (AvgIpc) is 3.75. The van der Waals surface area contributed by atoms with Crippen LogP contribution in [0.2, 0.25) is 0 Å². The van der Waals surface area contributed by atoms with Gasteiger partial charge in [0.15, 0.2) is 17.2 Å². The third-order valence-electron chi connectivity index (χ3n) is 8.05. The lowest BCUT2D eigenvalue weighted by Crippen LogP contribution is -2.46. The molecule has 0 aliphatic carbocycles. The second-order valence-corrected chi connectivity index (χ2v) is 10.5. The zero-order valence-electron chi connectivity index (χ0n) is 22.0. The minimum atomic E-state index is -0.160. The Balaban J connectivity index is 1.26. The van der Waals surface area contributed by atoms with Gasteiger partial charge in [-0.2, -0.15) is 19.8 Å². The number of aryl methyl sites for hydroxylation is 1. The van der Waals surface area contributed by atoms with E-state index in [4.69, 9.17) is 10.7 Å². The molecule has 2 saturated heterocycles. The van der Waals surface area contributed by atoms with Crippen LogP contribution >= 0.6 is 0 Å². The molecule has 1 amide bonds. The van der Waals surface area contributed by atoms with Crippen molar-refractivity contribution in [2.24, 2.45) is 0 Å². The van der Waals surface area contributed by atoms with Gasteiger partial charge >= 0.3 is 0 Å². The number of fused-ring (bicyclic) bond motifs is 3. The van der Waals surface area contributed by atoms with E-state index in [0.29, 0.717) is 35.6 Å². The molecule has 0 aromatic carbocycles. The van der Waals surface area contributed by atoms with Gasteiger partial charge in [-0.25, -0.2) is 19.6 Å². The molecule has 3 N–H and O–H groups in total. The molecule has 5 aromatic heterocycles. The molecule has 0 radical (unpaired) electrons. The number of nitrogens with zero attached hydrogens (tertiary/aromatic N) is 9. The SMILES string of the molecule is CC(=O)c1c(C2CC3CCC(C2)N3C(=O)c2ncn[nH]2)nc2c(-c3ccc(-n4ccc(C)n4)nc3)cnn2c1N. The molecule has 2 bridgehead atoms. The summed E-state index contributed by atoms with van der Waals surface area (Å²) in [7, 11) is 0. The summed E-state index contributed by atoms with van der Waals surface area (Å²) in [4.78, 5) is 41.6. The van der Waals surface area contributed by atoms with Crippen molar-refractivity contribution >= 4 is 23.2 Å². The molecular weight excluding hydrogens is 510 g/mol. The Hall–Kier alpha value is -4.94. The van der Waals surface area contributed by atoms with Gasteiger partial charge in [-0.15, -0.1) is 0 Å². The Morgan fingerprint density at radius 1 is 1.07 bits per heavy atom. The molecule has 7 heterocycles. The Morgan fingerprint density at radius 2 is 1.88 bits per heavy atom. The quantitative estimate of drug-likeness (QED) is 0.321. The molecule has 202 valence electrons. The van der Waals surface area contributed by atoms with Crippen LogP contribution in [-0.4, -0.2) is 73.2 Å². The van der Waals surface area contributed by atoms with E-state index in [1.54, 1.807) is 17.1 Å². The zero-order valence-corrected chi connectivity index (χ0v) is 22.0. The van der Waals surface area contributed by atoms with E-state index in [1.165, 1.54) is 17.8 Å². The number of hydrogen-bond donors (Lipinski definition) is 2. The van der Waals surface area contributed by atoms with Crippen molar-refractivity contribution in [3.8, 4) is 16.9 Å². The van der Waals surface area contributed by atoms with Crippen LogP contribution in [0.5, 0.6) is 0 Å². The number of anilines is 1. The minimum absolute atomic E-state index is 0.0208. The predicted molar refractivity (Wildman–Crippen MR) is 144 cm³/mol. The average molecular weight is 538 g/mol. The summed E-state index contributed by atoms with van der Waals surface area (Å²) >= 11 is 0. The van der Waals surface area contributed by atoms with Crippen LogP contribution in [0.25, 0.3) is 22.6 Å². The first-order chi connectivity index (χ1) is 19.4. The van der Waals surface area contributed by atoms with E-state index in [1.807, 2.05) is 36.2 Å². The first-order valence-corrected chi connectivity index (χ1v) is 13.2. The van der Waals surface area contributed by atoms with E-state index in [2.05, 4.69) is 30.4 Å². The van der Waals surface area contributed by atoms with Gasteiger partial charge in [0.2, 0.25) is 5.82 Å². The van der Waals surface area contributed by atoms with Crippen molar-refractivity contribution in [2.45, 2.75) is 57.5 Å². The summed E-state index contributed by atoms with van der Waals surface area (Å²) in [5.41, 5.74) is 10.7. The Labute approximate surface area is 228 Å². The molecule has 2 unspecified atom stereocenters. The highest BCUT2D eigenvalue weighted by molar-refractivity contribution is 6.00. The number of ketones is 1. The molecule has 13 heteroatoms. The van der Waals surface area contributed by atoms with Gasteiger partial charge in [0, 0.05) is 41.5 Å². The number of aromatic nitrogens is 9. The third-order valence-corrected chi connectivity index (χ3v) is 8.05. The summed E-state index contributed by atoms with van der Waals surface area (Å²) in [6.45, 7) is 3.43. The van der Waals surface area contributed by atoms with Crippen LogP contribution in [-0.2, 0) is 0 Å². The molecule has 5 aromatic rings. The summed E-state index contributed by atoms with van der Waals surface area (Å²) in [6.07, 6.45) is 9.80. The predicted octanol–water partition coefficient (Wildman–Crippen LogP) is 2.74. The van der Waals surface area contributed by atoms with E-state index in [9.17, 15) is 9.59 Å². The number of rotatable bonds is 5. The summed E-state index contributed by atoms with van der Waals surface area (Å²) < 4.78 is 3.24. The molecule has 0 saturated carbocycles. The smallest absolute Gasteiger partial charge is 0.291 e. The summed E-state index contributed by atoms with van der Waals surface area (Å²) in [5.74, 6) is 0.873. The number of carbonyl (C=O) groups is 2. The Bertz CT molecular complexity index is 1740. The second-order valence-electron chi connectivity index (χ2n) is 10.5. The number of pyridine rings is 1. The van der Waals surface area contributed by atoms with Crippen molar-refractivity contribution < 1.29 is 9.59 Å². The number of hydrogen-bond acceptors (Lipinski definition) is 9. The number of Topliss-reactive ketones (excluding diaryl/α,β-unsaturated/α-hetero) is 1. The van der Waals surface area contributed by atoms with Gasteiger partial charge in [0.25, 0.3) is 5.91 Å². The number of amides is 1. The van der Waals surface area contributed by atoms with E-state index < -0.39 is 0 Å². The lowest BCUT2D eigenvalue weighted by Gasteiger charge is -2.38. The van der Waals surface area contributed by atoms with E-state index in [0.717, 1.165) is 29.7 Å². The van der Waals surface area contributed by atoms with E-state index >= 15 is 0 Å². The van der Waals surface area contributed by atoms with Gasteiger partial charge in [-0.3, -0.25) is 14.7 Å². The maximum absolute atomic E-state index is 13.1. The van der Waals surface area contributed by atoms with Crippen molar-refractivity contribution in [3.63, 3.8) is 0 Å². The number of nitrogens with one attached hydrogen (secondary N) is 1. The fourth-order valence-corrected chi connectivity index (χ4v) is 6.28. The van der Waals surface area contributed by atoms with E-state index in [-0.39, 0.29) is 41.3 Å². The van der Waals surface area contributed by atoms with Gasteiger partial charge in [0.05, 0.1) is 23.1 Å². The normalized spacial score (nSPS) is 20.4. The van der Waals surface area contributed by atoms with Crippen LogP contribution in [0.4, 0.5) is 5.82 Å². The first-order valence-electron chi connectivity index (χ1n) is 13.2. The molecule has 7 rings (SSSR count). The first kappa shape index (κ1) is 24.1. The minimum Gasteiger partial charge on any atom is -0.383 e. The van der Waals surface area contributed by atoms with Crippen molar-refractivity contribution in [3.05, 3.63) is 65.9 Å². The fourth-order valence-electron chi connectivity index (χ4n) is 6.28. The van der Waals surface area contributed by atoms with Crippen LogP contribution in [0.15, 0.2) is 43.1 Å². The molecule has 0 spiro atoms. The van der Waals surface area contributed by atoms with Crippen molar-refractivity contribution in [1.82, 2.24) is 49.4 Å². The zero-order chi connectivity index (χ0) is 27.5. The molecular formula is C27H27N11O2. The summed E-state index contributed by atoms with van der Waals surface area (Å²) in [5, 5.41) is 15.4. The molecule has 40 heavy (non-hydrogen) atoms. The number of nitrogens with two attached hydrogens (primary N) is 1. The number of H-pyrrole nitrogens is 1. The lowest BCUT2D eigenvalue weighted by atomic mass is 9.85. The molecule has 2 aliphatic rings. The lowest BCUT2D eigenvalue weighted by molar-refractivity contribution is 0.0556. The fraction of sp³-hybridized carbons (Fsp3) is 0.333. The largest absolute Gasteiger partial charge is 0.383 e. The number of nitrogen functional groups attached to an aromatic ring is 1. The maximum Gasteiger partial charge on any atom is 0.291 e. The maximum atomic E-state index is 13.1. The highest BCUT2D eigenvalue weighted by Gasteiger charge is 2.45. The van der Waals surface area contributed by atoms with Crippen LogP contribution < -0.4 is 5.73 Å². The molecule has 2 fully saturated rings. The van der Waals surface area contributed by atoms with Crippen molar-refractivity contribution in [2.75, 3.05) is 5.73 Å². The Morgan fingerprint density at radius 3 is 2.50 bits per heavy atom. The third kappa shape index (κ3) is 3.76. The highest BCUT2D eigenvalue weighted by Crippen LogP contribution is 2.45. The summed E-state index contributed by atoms with van der Waals surface area (Å²) in [6, 6.07) is 5.79. The van der Waals surface area contributed by atoms with Gasteiger partial charge in [-0.05, 0) is 57.7 Å². The van der Waals surface area contributed by atoms with Gasteiger partial charge in [-0.1, -0.05) is 0 Å². The van der Waals surface area contributed by atoms with Gasteiger partial charge in [0.1, 0.15) is 12.1 Å². The highest BCUT2D eigenvalue weighted by atomic mass is 16.2. The second kappa shape index (κ2) is 9.07. The molecule has 13 nitrogen and oxygen atoms in total. The van der Waals surface area contributed by atoms with Gasteiger partial charge < -0.3 is 10.6 Å². The molecule has 2 aliphatic heterocycles. The topological polar surface area (TPSA) is 166 Å². The van der Waals surface area contributed by atoms with Crippen LogP contribution in [0, 0.1) is 6.92 Å². The number of aromatic amines is 1.